The number of anilines is 2. The number of nitro groups is 1. The number of hydrogen-bond acceptors (Lipinski definition) is 9. The number of nitro benzene ring substituents is 1. The standard InChI is InChI=1S/C35H34N4O9S/c1-24-10-7-8-11-25(24)15-20-33(40)37-26-16-18-29(32(22-26)48-27-12-4-2-5-13-27)35(43)38-49(46,47)28-17-19-30(31(23-28)39(44)45)36-21-9-3-6-14-34(41)42/h2,4-5,7-8,10-13,15-20,22-23,36H,3,6,9,14,21H2,1H3,(H,37,40)(H,38,43)(H,41,42). The fraction of sp³-hybridized carbons (Fsp3) is 0.171. The highest BCUT2D eigenvalue weighted by molar-refractivity contribution is 7.90. The molecule has 0 aromatic heterocycles. The van der Waals surface area contributed by atoms with Gasteiger partial charge in [-0.25, -0.2) is 13.1 Å². The van der Waals surface area contributed by atoms with Gasteiger partial charge in [0.05, 0.1) is 15.4 Å². The van der Waals surface area contributed by atoms with E-state index in [9.17, 15) is 32.9 Å². The summed E-state index contributed by atoms with van der Waals surface area (Å²) in [6.07, 6.45) is 4.62. The maximum atomic E-state index is 13.4. The van der Waals surface area contributed by atoms with Gasteiger partial charge in [-0.1, -0.05) is 48.9 Å². The zero-order chi connectivity index (χ0) is 35.4. The van der Waals surface area contributed by atoms with Gasteiger partial charge in [0.25, 0.3) is 21.6 Å². The number of benzene rings is 4. The van der Waals surface area contributed by atoms with Gasteiger partial charge in [0, 0.05) is 36.9 Å². The van der Waals surface area contributed by atoms with Crippen LogP contribution < -0.4 is 20.1 Å². The van der Waals surface area contributed by atoms with Crippen LogP contribution in [0, 0.1) is 17.0 Å². The molecule has 2 amide bonds. The molecule has 13 nitrogen and oxygen atoms in total. The maximum Gasteiger partial charge on any atom is 0.303 e. The number of aliphatic carboxylic acids is 1. The summed E-state index contributed by atoms with van der Waals surface area (Å²) < 4.78 is 34.4. The molecule has 0 spiro atoms. The number of sulfonamides is 1. The highest BCUT2D eigenvalue weighted by atomic mass is 32.2. The summed E-state index contributed by atoms with van der Waals surface area (Å²) >= 11 is 0. The molecule has 4 N–H and O–H groups in total. The fourth-order valence-electron chi connectivity index (χ4n) is 4.63. The van der Waals surface area contributed by atoms with Gasteiger partial charge in [0.15, 0.2) is 0 Å². The predicted octanol–water partition coefficient (Wildman–Crippen LogP) is 6.52. The van der Waals surface area contributed by atoms with Crippen molar-refractivity contribution >= 4 is 50.9 Å². The van der Waals surface area contributed by atoms with Crippen LogP contribution in [0.1, 0.15) is 47.2 Å². The van der Waals surface area contributed by atoms with Crippen molar-refractivity contribution in [2.75, 3.05) is 17.2 Å². The molecular formula is C35H34N4O9S. The Bertz CT molecular complexity index is 1980. The van der Waals surface area contributed by atoms with Crippen molar-refractivity contribution in [3.05, 3.63) is 124 Å². The van der Waals surface area contributed by atoms with Gasteiger partial charge in [-0.05, 0) is 73.4 Å². The second-order valence-corrected chi connectivity index (χ2v) is 12.5. The van der Waals surface area contributed by atoms with Crippen LogP contribution in [0.4, 0.5) is 17.1 Å². The Balaban J connectivity index is 1.52. The molecule has 0 aliphatic heterocycles. The normalized spacial score (nSPS) is 11.1. The number of amides is 2. The molecule has 0 atom stereocenters. The largest absolute Gasteiger partial charge is 0.481 e. The Morgan fingerprint density at radius 1 is 0.918 bits per heavy atom. The van der Waals surface area contributed by atoms with Crippen LogP contribution in [0.15, 0.2) is 102 Å². The van der Waals surface area contributed by atoms with Gasteiger partial charge in [0.2, 0.25) is 5.91 Å². The quantitative estimate of drug-likeness (QED) is 0.0436. The zero-order valence-corrected chi connectivity index (χ0v) is 27.2. The van der Waals surface area contributed by atoms with E-state index in [0.29, 0.717) is 31.6 Å². The van der Waals surface area contributed by atoms with Crippen LogP contribution in [-0.4, -0.2) is 42.8 Å². The summed E-state index contributed by atoms with van der Waals surface area (Å²) in [5.74, 6) is -2.16. The number of nitrogens with one attached hydrogen (secondary N) is 3. The van der Waals surface area contributed by atoms with Crippen LogP contribution in [0.2, 0.25) is 0 Å². The van der Waals surface area contributed by atoms with Gasteiger partial charge < -0.3 is 20.5 Å². The third-order valence-corrected chi connectivity index (χ3v) is 8.48. The van der Waals surface area contributed by atoms with Crippen LogP contribution in [0.3, 0.4) is 0 Å². The summed E-state index contributed by atoms with van der Waals surface area (Å²) in [6, 6.07) is 23.2. The molecule has 4 rings (SSSR count). The Morgan fingerprint density at radius 2 is 1.65 bits per heavy atom. The third-order valence-electron chi connectivity index (χ3n) is 7.15. The highest BCUT2D eigenvalue weighted by Gasteiger charge is 2.25. The molecule has 49 heavy (non-hydrogen) atoms. The highest BCUT2D eigenvalue weighted by Crippen LogP contribution is 2.31. The first-order chi connectivity index (χ1) is 23.4. The van der Waals surface area contributed by atoms with E-state index >= 15 is 0 Å². The Morgan fingerprint density at radius 3 is 2.37 bits per heavy atom. The van der Waals surface area contributed by atoms with Crippen molar-refractivity contribution in [2.45, 2.75) is 37.5 Å². The molecule has 0 unspecified atom stereocenters. The molecule has 4 aromatic carbocycles. The average Bonchev–Trinajstić information content (AvgIpc) is 3.06. The fourth-order valence-corrected chi connectivity index (χ4v) is 5.61. The predicted molar refractivity (Wildman–Crippen MR) is 184 cm³/mol. The first kappa shape index (κ1) is 35.8. The van der Waals surface area contributed by atoms with Gasteiger partial charge in [-0.2, -0.15) is 0 Å². The number of carbonyl (C=O) groups is 3. The lowest BCUT2D eigenvalue weighted by molar-refractivity contribution is -0.384. The topological polar surface area (TPSA) is 194 Å². The number of carbonyl (C=O) groups excluding carboxylic acids is 2. The second-order valence-electron chi connectivity index (χ2n) is 10.8. The summed E-state index contributed by atoms with van der Waals surface area (Å²) in [5, 5.41) is 26.1. The van der Waals surface area contributed by atoms with E-state index in [1.165, 1.54) is 30.3 Å². The van der Waals surface area contributed by atoms with E-state index in [-0.39, 0.29) is 29.1 Å². The lowest BCUT2D eigenvalue weighted by atomic mass is 10.1. The van der Waals surface area contributed by atoms with Crippen molar-refractivity contribution in [1.82, 2.24) is 4.72 Å². The molecule has 0 aliphatic rings. The number of carboxylic acid groups (broad SMARTS) is 1. The van der Waals surface area contributed by atoms with Crippen molar-refractivity contribution in [1.29, 1.82) is 0 Å². The van der Waals surface area contributed by atoms with E-state index in [4.69, 9.17) is 9.84 Å². The number of carboxylic acids is 1. The van der Waals surface area contributed by atoms with Crippen molar-refractivity contribution in [3.63, 3.8) is 0 Å². The molecular weight excluding hydrogens is 652 g/mol. The smallest absolute Gasteiger partial charge is 0.303 e. The number of nitrogens with zero attached hydrogens (tertiary/aromatic N) is 1. The third kappa shape index (κ3) is 10.5. The van der Waals surface area contributed by atoms with E-state index in [0.717, 1.165) is 23.3 Å². The van der Waals surface area contributed by atoms with E-state index in [1.807, 2.05) is 35.9 Å². The average molecular weight is 687 g/mol. The first-order valence-corrected chi connectivity index (χ1v) is 16.6. The van der Waals surface area contributed by atoms with Crippen molar-refractivity contribution in [2.24, 2.45) is 0 Å². The summed E-state index contributed by atoms with van der Waals surface area (Å²) in [5.41, 5.74) is 1.48. The molecule has 0 saturated carbocycles. The zero-order valence-electron chi connectivity index (χ0n) is 26.4. The SMILES string of the molecule is Cc1ccccc1C=CC(=O)Nc1ccc(C(=O)NS(=O)(=O)c2ccc(NCCCCCC(=O)O)c([N+](=O)[O-])c2)c(Oc2ccccc2)c1. The molecule has 4 aromatic rings. The van der Waals surface area contributed by atoms with E-state index in [1.54, 1.807) is 36.4 Å². The first-order valence-electron chi connectivity index (χ1n) is 15.2. The van der Waals surface area contributed by atoms with Crippen LogP contribution in [-0.2, 0) is 19.6 Å². The number of rotatable bonds is 16. The lowest BCUT2D eigenvalue weighted by Crippen LogP contribution is -2.31. The minimum absolute atomic E-state index is 0.0194. The van der Waals surface area contributed by atoms with Crippen molar-refractivity contribution in [3.8, 4) is 11.5 Å². The maximum absolute atomic E-state index is 13.4. The monoisotopic (exact) mass is 686 g/mol. The van der Waals surface area contributed by atoms with E-state index < -0.39 is 43.3 Å². The lowest BCUT2D eigenvalue weighted by Gasteiger charge is -2.14. The number of hydrogen-bond donors (Lipinski definition) is 4. The second kappa shape index (κ2) is 16.7. The summed E-state index contributed by atoms with van der Waals surface area (Å²) in [6.45, 7) is 2.22. The van der Waals surface area contributed by atoms with Gasteiger partial charge in [-0.15, -0.1) is 0 Å². The molecule has 0 heterocycles. The van der Waals surface area contributed by atoms with Crippen molar-refractivity contribution < 1.29 is 37.6 Å². The van der Waals surface area contributed by atoms with Gasteiger partial charge >= 0.3 is 5.97 Å². The summed E-state index contributed by atoms with van der Waals surface area (Å²) in [4.78, 5) is 47.2. The molecule has 254 valence electrons. The molecule has 0 aliphatic carbocycles. The van der Waals surface area contributed by atoms with Gasteiger partial charge in [0.1, 0.15) is 17.2 Å². The summed E-state index contributed by atoms with van der Waals surface area (Å²) in [7, 11) is -4.60. The van der Waals surface area contributed by atoms with Crippen LogP contribution in [0.5, 0.6) is 11.5 Å². The minimum atomic E-state index is -4.60. The van der Waals surface area contributed by atoms with Gasteiger partial charge in [-0.3, -0.25) is 24.5 Å². The molecule has 0 bridgehead atoms. The molecule has 0 radical (unpaired) electrons. The number of aryl methyl sites for hydroxylation is 1. The molecule has 0 fully saturated rings. The number of unbranched alkanes of at least 4 members (excludes halogenated alkanes) is 2. The number of para-hydroxylation sites is 1. The molecule has 0 saturated heterocycles. The molecule has 14 heteroatoms. The van der Waals surface area contributed by atoms with Crippen LogP contribution >= 0.6 is 0 Å². The Kier molecular flexibility index (Phi) is 12.2. The van der Waals surface area contributed by atoms with Crippen LogP contribution in [0.25, 0.3) is 6.08 Å². The number of ether oxygens (including phenoxy) is 1. The Hall–Kier alpha value is -6.02. The van der Waals surface area contributed by atoms with E-state index in [2.05, 4.69) is 10.6 Å². The Labute approximate surface area is 282 Å². The minimum Gasteiger partial charge on any atom is -0.481 e.